The molecule has 1 aromatic carbocycles. The Morgan fingerprint density at radius 3 is 2.27 bits per heavy atom. The molecule has 0 bridgehead atoms. The van der Waals surface area contributed by atoms with Crippen LogP contribution in [0.4, 0.5) is 0 Å². The molecule has 3 rings (SSSR count). The molecule has 0 aliphatic rings. The highest BCUT2D eigenvalue weighted by atomic mass is 35.5. The number of benzene rings is 1. The monoisotopic (exact) mass is 370 g/mol. The van der Waals surface area contributed by atoms with Crippen LogP contribution in [-0.4, -0.2) is 15.6 Å². The number of fused-ring (bicyclic) bond motifs is 1. The Labute approximate surface area is 160 Å². The molecule has 0 fully saturated rings. The zero-order valence-corrected chi connectivity index (χ0v) is 17.4. The van der Waals surface area contributed by atoms with Crippen LogP contribution >= 0.6 is 11.6 Å². The van der Waals surface area contributed by atoms with Crippen molar-refractivity contribution in [3.8, 4) is 11.1 Å². The van der Waals surface area contributed by atoms with E-state index in [1.807, 2.05) is 12.1 Å². The molecule has 0 aliphatic heterocycles. The molecule has 1 N–H and O–H groups in total. The number of H-pyrrole nitrogens is 1. The number of aryl methyl sites for hydroxylation is 3. The van der Waals surface area contributed by atoms with Crippen LogP contribution in [-0.2, 0) is 4.74 Å². The highest BCUT2D eigenvalue weighted by molar-refractivity contribution is 6.30. The molecule has 4 heteroatoms. The van der Waals surface area contributed by atoms with Crippen LogP contribution in [0.25, 0.3) is 22.2 Å². The third kappa shape index (κ3) is 3.51. The molecular formula is C22H27ClN2O. The molecular weight excluding hydrogens is 344 g/mol. The van der Waals surface area contributed by atoms with E-state index in [1.165, 1.54) is 11.1 Å². The van der Waals surface area contributed by atoms with E-state index < -0.39 is 0 Å². The maximum Gasteiger partial charge on any atom is 0.138 e. The number of nitrogens with zero attached hydrogens (tertiary/aromatic N) is 1. The first-order chi connectivity index (χ1) is 12.1. The molecule has 2 heterocycles. The van der Waals surface area contributed by atoms with Crippen molar-refractivity contribution in [1.29, 1.82) is 0 Å². The second kappa shape index (κ2) is 6.71. The van der Waals surface area contributed by atoms with Gasteiger partial charge < -0.3 is 9.72 Å². The van der Waals surface area contributed by atoms with Crippen LogP contribution in [0.15, 0.2) is 24.3 Å². The molecule has 3 nitrogen and oxygen atoms in total. The van der Waals surface area contributed by atoms with E-state index in [0.717, 1.165) is 38.6 Å². The standard InChI is InChI=1S/C22H27ClN2O/c1-12-13(2)24-21-18(12)20(16-8-10-17(23)11-9-16)19(14(3)25-21)15(4)26-22(5,6)7/h8-11,15H,1-7H3,(H,24,25)/t15-/m1/s1. The quantitative estimate of drug-likeness (QED) is 0.558. The fourth-order valence-corrected chi connectivity index (χ4v) is 3.76. The minimum absolute atomic E-state index is 0.0767. The second-order valence-corrected chi connectivity index (χ2v) is 8.40. The van der Waals surface area contributed by atoms with Crippen molar-refractivity contribution in [1.82, 2.24) is 9.97 Å². The number of hydrogen-bond acceptors (Lipinski definition) is 2. The molecule has 26 heavy (non-hydrogen) atoms. The van der Waals surface area contributed by atoms with Crippen molar-refractivity contribution in [3.05, 3.63) is 51.8 Å². The van der Waals surface area contributed by atoms with Crippen molar-refractivity contribution >= 4 is 22.6 Å². The van der Waals surface area contributed by atoms with E-state index in [-0.39, 0.29) is 11.7 Å². The summed E-state index contributed by atoms with van der Waals surface area (Å²) in [4.78, 5) is 8.28. The first-order valence-corrected chi connectivity index (χ1v) is 9.39. The molecule has 0 aliphatic carbocycles. The van der Waals surface area contributed by atoms with Crippen LogP contribution in [0, 0.1) is 20.8 Å². The fraction of sp³-hybridized carbons (Fsp3) is 0.409. The van der Waals surface area contributed by atoms with Gasteiger partial charge in [0.1, 0.15) is 5.65 Å². The Morgan fingerprint density at radius 2 is 1.69 bits per heavy atom. The molecule has 3 aromatic rings. The zero-order chi connectivity index (χ0) is 19.2. The Morgan fingerprint density at radius 1 is 1.08 bits per heavy atom. The van der Waals surface area contributed by atoms with Crippen molar-refractivity contribution in [3.63, 3.8) is 0 Å². The van der Waals surface area contributed by atoms with Crippen LogP contribution in [0.3, 0.4) is 0 Å². The number of ether oxygens (including phenoxy) is 1. The smallest absolute Gasteiger partial charge is 0.138 e. The number of halogens is 1. The average molecular weight is 371 g/mol. The molecule has 2 aromatic heterocycles. The van der Waals surface area contributed by atoms with Gasteiger partial charge in [-0.2, -0.15) is 0 Å². The maximum absolute atomic E-state index is 6.31. The molecule has 0 spiro atoms. The molecule has 1 atom stereocenters. The lowest BCUT2D eigenvalue weighted by molar-refractivity contribution is -0.0530. The van der Waals surface area contributed by atoms with E-state index in [2.05, 4.69) is 65.6 Å². The van der Waals surface area contributed by atoms with Gasteiger partial charge in [0.2, 0.25) is 0 Å². The summed E-state index contributed by atoms with van der Waals surface area (Å²) in [6.07, 6.45) is -0.0767. The highest BCUT2D eigenvalue weighted by Gasteiger charge is 2.25. The predicted molar refractivity (Wildman–Crippen MR) is 110 cm³/mol. The molecule has 0 unspecified atom stereocenters. The lowest BCUT2D eigenvalue weighted by Gasteiger charge is -2.28. The largest absolute Gasteiger partial charge is 0.368 e. The summed E-state index contributed by atoms with van der Waals surface area (Å²) in [5.74, 6) is 0. The first kappa shape index (κ1) is 18.9. The van der Waals surface area contributed by atoms with Gasteiger partial charge in [0, 0.05) is 32.9 Å². The third-order valence-corrected chi connectivity index (χ3v) is 4.99. The molecule has 138 valence electrons. The van der Waals surface area contributed by atoms with Crippen molar-refractivity contribution in [2.24, 2.45) is 0 Å². The fourth-order valence-electron chi connectivity index (χ4n) is 3.64. The molecule has 0 saturated carbocycles. The van der Waals surface area contributed by atoms with Gasteiger partial charge in [-0.25, -0.2) is 4.98 Å². The van der Waals surface area contributed by atoms with Crippen LogP contribution in [0.1, 0.15) is 56.3 Å². The number of hydrogen-bond donors (Lipinski definition) is 1. The minimum Gasteiger partial charge on any atom is -0.368 e. The van der Waals surface area contributed by atoms with Crippen molar-refractivity contribution < 1.29 is 4.74 Å². The predicted octanol–water partition coefficient (Wildman–Crippen LogP) is 6.68. The Kier molecular flexibility index (Phi) is 4.89. The number of aromatic nitrogens is 2. The summed E-state index contributed by atoms with van der Waals surface area (Å²) in [6.45, 7) is 14.6. The van der Waals surface area contributed by atoms with Gasteiger partial charge in [0.25, 0.3) is 0 Å². The summed E-state index contributed by atoms with van der Waals surface area (Å²) in [5, 5.41) is 1.90. The van der Waals surface area contributed by atoms with Crippen molar-refractivity contribution in [2.45, 2.75) is 60.2 Å². The van der Waals surface area contributed by atoms with Gasteiger partial charge in [-0.05, 0) is 71.7 Å². The average Bonchev–Trinajstić information content (AvgIpc) is 2.79. The normalized spacial score (nSPS) is 13.4. The van der Waals surface area contributed by atoms with Crippen LogP contribution < -0.4 is 0 Å². The van der Waals surface area contributed by atoms with Gasteiger partial charge in [0.15, 0.2) is 0 Å². The Hall–Kier alpha value is -1.84. The lowest BCUT2D eigenvalue weighted by Crippen LogP contribution is -2.22. The Balaban J connectivity index is 2.35. The van der Waals surface area contributed by atoms with E-state index in [1.54, 1.807) is 0 Å². The zero-order valence-electron chi connectivity index (χ0n) is 16.6. The number of pyridine rings is 1. The van der Waals surface area contributed by atoms with Crippen LogP contribution in [0.5, 0.6) is 0 Å². The lowest BCUT2D eigenvalue weighted by atomic mass is 9.91. The van der Waals surface area contributed by atoms with Gasteiger partial charge in [-0.1, -0.05) is 23.7 Å². The van der Waals surface area contributed by atoms with Crippen LogP contribution in [0.2, 0.25) is 5.02 Å². The van der Waals surface area contributed by atoms with E-state index in [4.69, 9.17) is 21.3 Å². The van der Waals surface area contributed by atoms with Gasteiger partial charge >= 0.3 is 0 Å². The van der Waals surface area contributed by atoms with Gasteiger partial charge in [-0.3, -0.25) is 0 Å². The summed E-state index contributed by atoms with van der Waals surface area (Å²) in [5.41, 5.74) is 7.49. The topological polar surface area (TPSA) is 37.9 Å². The second-order valence-electron chi connectivity index (χ2n) is 7.96. The van der Waals surface area contributed by atoms with Gasteiger partial charge in [0.05, 0.1) is 11.7 Å². The van der Waals surface area contributed by atoms with Gasteiger partial charge in [-0.15, -0.1) is 0 Å². The Bertz CT molecular complexity index is 949. The molecule has 0 radical (unpaired) electrons. The maximum atomic E-state index is 6.31. The minimum atomic E-state index is -0.235. The van der Waals surface area contributed by atoms with Crippen molar-refractivity contribution in [2.75, 3.05) is 0 Å². The number of nitrogens with one attached hydrogen (secondary N) is 1. The van der Waals surface area contributed by atoms with E-state index in [0.29, 0.717) is 0 Å². The first-order valence-electron chi connectivity index (χ1n) is 9.01. The third-order valence-electron chi connectivity index (χ3n) is 4.74. The van der Waals surface area contributed by atoms with E-state index >= 15 is 0 Å². The molecule has 0 saturated heterocycles. The number of aromatic amines is 1. The highest BCUT2D eigenvalue weighted by Crippen LogP contribution is 2.40. The SMILES string of the molecule is Cc1nc2[nH]c(C)c(C)c2c(-c2ccc(Cl)cc2)c1[C@@H](C)OC(C)(C)C. The summed E-state index contributed by atoms with van der Waals surface area (Å²) < 4.78 is 6.31. The summed E-state index contributed by atoms with van der Waals surface area (Å²) >= 11 is 6.13. The molecule has 0 amide bonds. The summed E-state index contributed by atoms with van der Waals surface area (Å²) in [7, 11) is 0. The number of rotatable bonds is 3. The van der Waals surface area contributed by atoms with E-state index in [9.17, 15) is 0 Å². The summed E-state index contributed by atoms with van der Waals surface area (Å²) in [6, 6.07) is 8.02.